The summed E-state index contributed by atoms with van der Waals surface area (Å²) in [4.78, 5) is 28.7. The number of nitrogens with two attached hydrogens (primary N) is 2. The van der Waals surface area contributed by atoms with Crippen molar-refractivity contribution in [3.8, 4) is 5.75 Å². The maximum atomic E-state index is 14.5. The molecule has 2 aromatic heterocycles. The third-order valence-corrected chi connectivity index (χ3v) is 6.30. The second-order valence-electron chi connectivity index (χ2n) is 8.79. The third-order valence-electron chi connectivity index (χ3n) is 5.32. The Morgan fingerprint density at radius 1 is 1.15 bits per heavy atom. The summed E-state index contributed by atoms with van der Waals surface area (Å²) in [5.41, 5.74) is 7.41. The molecule has 11 nitrogen and oxygen atoms in total. The summed E-state index contributed by atoms with van der Waals surface area (Å²) in [6.45, 7) is 1.71. The first-order chi connectivity index (χ1) is 19.4. The Morgan fingerprint density at radius 2 is 1.90 bits per heavy atom. The normalized spacial score (nSPS) is 12.5. The monoisotopic (exact) mass is 596 g/mol. The molecule has 41 heavy (non-hydrogen) atoms. The second-order valence-corrected chi connectivity index (χ2v) is 9.85. The Hall–Kier alpha value is -4.31. The number of alkyl halides is 4. The topological polar surface area (TPSA) is 161 Å². The van der Waals surface area contributed by atoms with Crippen LogP contribution in [0, 0.1) is 6.92 Å². The first-order valence-electron chi connectivity index (χ1n) is 12.2. The van der Waals surface area contributed by atoms with E-state index in [9.17, 15) is 27.2 Å². The van der Waals surface area contributed by atoms with Crippen molar-refractivity contribution in [2.75, 3.05) is 6.54 Å². The molecule has 3 rings (SSSR count). The molecule has 0 saturated heterocycles. The fourth-order valence-corrected chi connectivity index (χ4v) is 4.11. The molecule has 0 bridgehead atoms. The van der Waals surface area contributed by atoms with Crippen molar-refractivity contribution in [3.05, 3.63) is 81.3 Å². The molecule has 220 valence electrons. The van der Waals surface area contributed by atoms with Crippen molar-refractivity contribution in [3.63, 3.8) is 0 Å². The van der Waals surface area contributed by atoms with E-state index in [-0.39, 0.29) is 43.2 Å². The molecule has 16 heteroatoms. The lowest BCUT2D eigenvalue weighted by Gasteiger charge is -2.17. The number of hydrogen-bond donors (Lipinski definition) is 4. The molecule has 1 aromatic carbocycles. The minimum absolute atomic E-state index is 0.0231. The van der Waals surface area contributed by atoms with Gasteiger partial charge in [-0.2, -0.15) is 0 Å². The van der Waals surface area contributed by atoms with E-state index in [1.807, 2.05) is 19.1 Å². The number of aromatic nitrogens is 3. The van der Waals surface area contributed by atoms with Gasteiger partial charge in [-0.3, -0.25) is 14.6 Å². The van der Waals surface area contributed by atoms with Gasteiger partial charge >= 0.3 is 6.36 Å². The first-order valence-corrected chi connectivity index (χ1v) is 13.0. The van der Waals surface area contributed by atoms with Crippen molar-refractivity contribution in [2.45, 2.75) is 45.4 Å². The van der Waals surface area contributed by atoms with Gasteiger partial charge in [-0.15, -0.1) is 23.4 Å². The molecule has 0 spiro atoms. The van der Waals surface area contributed by atoms with Gasteiger partial charge in [0.25, 0.3) is 11.8 Å². The number of ether oxygens (including phenoxy) is 1. The largest absolute Gasteiger partial charge is 0.573 e. The zero-order valence-electron chi connectivity index (χ0n) is 21.8. The lowest BCUT2D eigenvalue weighted by Crippen LogP contribution is -2.36. The zero-order valence-corrected chi connectivity index (χ0v) is 22.6. The molecule has 0 fully saturated rings. The summed E-state index contributed by atoms with van der Waals surface area (Å²) >= 11 is 1.05. The number of carbonyl (C=O) groups is 2. The van der Waals surface area contributed by atoms with E-state index in [2.05, 4.69) is 30.6 Å². The summed E-state index contributed by atoms with van der Waals surface area (Å²) in [7, 11) is 0. The minimum atomic E-state index is -4.84. The smallest absolute Gasteiger partial charge is 0.406 e. The zero-order chi connectivity index (χ0) is 30.0. The number of nitrogens with zero attached hydrogens (tertiary/aromatic N) is 4. The van der Waals surface area contributed by atoms with Crippen LogP contribution >= 0.6 is 11.3 Å². The number of aryl methyl sites for hydroxylation is 2. The molecule has 2 heterocycles. The van der Waals surface area contributed by atoms with E-state index in [0.717, 1.165) is 45.9 Å². The first kappa shape index (κ1) is 31.2. The second kappa shape index (κ2) is 14.4. The number of nitrogens with one attached hydrogen (secondary N) is 2. The van der Waals surface area contributed by atoms with Gasteiger partial charge in [-0.1, -0.05) is 29.5 Å². The number of halogens is 4. The van der Waals surface area contributed by atoms with E-state index >= 15 is 0 Å². The Morgan fingerprint density at radius 3 is 2.61 bits per heavy atom. The van der Waals surface area contributed by atoms with E-state index in [1.54, 1.807) is 6.20 Å². The molecule has 1 atom stereocenters. The number of benzene rings is 1. The van der Waals surface area contributed by atoms with Crippen LogP contribution in [-0.2, 0) is 24.3 Å². The standard InChI is InChI=1S/C25H28F4N8O3S/c1-15-5-6-17(11-32-15)12-34-23(39)24-36-35-21(41-24)8-7-18(26)13-37(31)14-20(30)22(38)33-10-16-3-2-4-19(9-16)40-25(27,28)29/h2-6,9,11,14,18H,7-8,10,12-13,30-31H2,1H3,(H,33,38)(H,34,39)/b20-14-. The van der Waals surface area contributed by atoms with Crippen LogP contribution in [0.4, 0.5) is 17.6 Å². The number of amides is 2. The van der Waals surface area contributed by atoms with E-state index < -0.39 is 30.1 Å². The fraction of sp³-hybridized carbons (Fsp3) is 0.320. The Labute approximate surface area is 236 Å². The molecule has 0 aliphatic carbocycles. The molecule has 2 amide bonds. The van der Waals surface area contributed by atoms with Gasteiger partial charge in [0.15, 0.2) is 0 Å². The van der Waals surface area contributed by atoms with Crippen molar-refractivity contribution in [2.24, 2.45) is 11.6 Å². The minimum Gasteiger partial charge on any atom is -0.406 e. The number of pyridine rings is 1. The highest BCUT2D eigenvalue weighted by molar-refractivity contribution is 7.13. The average Bonchev–Trinajstić information content (AvgIpc) is 3.38. The van der Waals surface area contributed by atoms with Crippen molar-refractivity contribution < 1.29 is 31.9 Å². The molecule has 6 N–H and O–H groups in total. The molecule has 0 aliphatic heterocycles. The van der Waals surface area contributed by atoms with Gasteiger partial charge in [0.1, 0.15) is 22.6 Å². The van der Waals surface area contributed by atoms with Crippen LogP contribution in [0.15, 0.2) is 54.5 Å². The summed E-state index contributed by atoms with van der Waals surface area (Å²) in [6, 6.07) is 8.76. The van der Waals surface area contributed by atoms with Crippen LogP contribution < -0.4 is 26.9 Å². The average molecular weight is 597 g/mol. The number of rotatable bonds is 13. The lowest BCUT2D eigenvalue weighted by atomic mass is 10.2. The summed E-state index contributed by atoms with van der Waals surface area (Å²) in [6.07, 6.45) is -3.32. The number of carbonyl (C=O) groups excluding carboxylic acids is 2. The van der Waals surface area contributed by atoms with Crippen molar-refractivity contribution in [1.29, 1.82) is 0 Å². The Balaban J connectivity index is 1.40. The van der Waals surface area contributed by atoms with Gasteiger partial charge in [0.05, 0.1) is 6.54 Å². The van der Waals surface area contributed by atoms with Crippen LogP contribution in [0.3, 0.4) is 0 Å². The van der Waals surface area contributed by atoms with Gasteiger partial charge in [-0.25, -0.2) is 10.2 Å². The maximum absolute atomic E-state index is 14.5. The molecule has 0 saturated carbocycles. The van der Waals surface area contributed by atoms with Crippen LogP contribution in [0.5, 0.6) is 5.75 Å². The van der Waals surface area contributed by atoms with E-state index in [1.165, 1.54) is 12.1 Å². The Bertz CT molecular complexity index is 1350. The van der Waals surface area contributed by atoms with E-state index in [0.29, 0.717) is 10.6 Å². The quantitative estimate of drug-likeness (QED) is 0.101. The molecular formula is C25H28F4N8O3S. The molecule has 0 aliphatic rings. The molecule has 1 unspecified atom stereocenters. The van der Waals surface area contributed by atoms with Crippen LogP contribution in [0.2, 0.25) is 0 Å². The van der Waals surface area contributed by atoms with Gasteiger partial charge in [0.2, 0.25) is 5.01 Å². The third kappa shape index (κ3) is 11.0. The SMILES string of the molecule is Cc1ccc(CNC(=O)c2nnc(CCC(F)CN(N)/C=C(\N)C(=O)NCc3cccc(OC(F)(F)F)c3)s2)cn1. The highest BCUT2D eigenvalue weighted by Gasteiger charge is 2.31. The Kier molecular flexibility index (Phi) is 10.9. The molecule has 3 aromatic rings. The number of hydrogen-bond acceptors (Lipinski definition) is 10. The lowest BCUT2D eigenvalue weighted by molar-refractivity contribution is -0.274. The predicted molar refractivity (Wildman–Crippen MR) is 141 cm³/mol. The summed E-state index contributed by atoms with van der Waals surface area (Å²) in [5.74, 6) is 4.17. The fourth-order valence-electron chi connectivity index (χ4n) is 3.33. The van der Waals surface area contributed by atoms with Crippen molar-refractivity contribution >= 4 is 23.2 Å². The van der Waals surface area contributed by atoms with Crippen LogP contribution in [-0.4, -0.2) is 51.1 Å². The van der Waals surface area contributed by atoms with E-state index in [4.69, 9.17) is 11.6 Å². The molecular weight excluding hydrogens is 568 g/mol. The van der Waals surface area contributed by atoms with Gasteiger partial charge in [-0.05, 0) is 42.7 Å². The van der Waals surface area contributed by atoms with Crippen LogP contribution in [0.25, 0.3) is 0 Å². The highest BCUT2D eigenvalue weighted by Crippen LogP contribution is 2.23. The molecule has 0 radical (unpaired) electrons. The highest BCUT2D eigenvalue weighted by atomic mass is 32.1. The summed E-state index contributed by atoms with van der Waals surface area (Å²) < 4.78 is 55.5. The number of hydrazine groups is 1. The van der Waals surface area contributed by atoms with Crippen molar-refractivity contribution in [1.82, 2.24) is 30.8 Å². The predicted octanol–water partition coefficient (Wildman–Crippen LogP) is 2.63. The van der Waals surface area contributed by atoms with Gasteiger partial charge < -0.3 is 26.1 Å². The summed E-state index contributed by atoms with van der Waals surface area (Å²) in [5, 5.41) is 14.5. The van der Waals surface area contributed by atoms with Crippen LogP contribution in [0.1, 0.15) is 38.1 Å². The maximum Gasteiger partial charge on any atom is 0.573 e. The van der Waals surface area contributed by atoms with Gasteiger partial charge in [0, 0.05) is 37.6 Å².